The number of hydrogen-bond donors (Lipinski definition) is 1. The van der Waals surface area contributed by atoms with Gasteiger partial charge in [-0.1, -0.05) is 0 Å². The van der Waals surface area contributed by atoms with E-state index < -0.39 is 6.10 Å². The fourth-order valence-electron chi connectivity index (χ4n) is 3.96. The SMILES string of the molecule is Cn1ccnc1C(O)C1CCN(Cc2nc3c(s2)CCCC3)CC1. The van der Waals surface area contributed by atoms with Gasteiger partial charge >= 0.3 is 0 Å². The first kappa shape index (κ1) is 16.2. The third-order valence-corrected chi connectivity index (χ3v) is 6.59. The van der Waals surface area contributed by atoms with Crippen LogP contribution >= 0.6 is 11.3 Å². The van der Waals surface area contributed by atoms with Gasteiger partial charge in [0.15, 0.2) is 0 Å². The molecular weight excluding hydrogens is 320 g/mol. The number of rotatable bonds is 4. The summed E-state index contributed by atoms with van der Waals surface area (Å²) in [6, 6.07) is 0. The smallest absolute Gasteiger partial charge is 0.137 e. The molecule has 1 fully saturated rings. The predicted molar refractivity (Wildman–Crippen MR) is 94.9 cm³/mol. The van der Waals surface area contributed by atoms with Gasteiger partial charge in [0.2, 0.25) is 0 Å². The average Bonchev–Trinajstić information content (AvgIpc) is 3.20. The summed E-state index contributed by atoms with van der Waals surface area (Å²) in [5.41, 5.74) is 1.36. The number of aliphatic hydroxyl groups is 1. The first-order valence-corrected chi connectivity index (χ1v) is 9.87. The standard InChI is InChI=1S/C18H26N4OS/c1-21-11-8-19-18(21)17(23)13-6-9-22(10-7-13)12-16-20-14-4-2-3-5-15(14)24-16/h8,11,13,17,23H,2-7,9-10,12H2,1H3. The zero-order valence-corrected chi connectivity index (χ0v) is 15.1. The number of nitrogens with zero attached hydrogens (tertiary/aromatic N) is 4. The van der Waals surface area contributed by atoms with Gasteiger partial charge in [0.25, 0.3) is 0 Å². The Labute approximate surface area is 147 Å². The number of piperidine rings is 1. The number of aryl methyl sites for hydroxylation is 3. The Morgan fingerprint density at radius 1 is 1.29 bits per heavy atom. The van der Waals surface area contributed by atoms with E-state index in [0.717, 1.165) is 38.3 Å². The third kappa shape index (κ3) is 3.27. The molecule has 0 amide bonds. The van der Waals surface area contributed by atoms with Crippen LogP contribution in [0.2, 0.25) is 0 Å². The van der Waals surface area contributed by atoms with Crippen LogP contribution in [0.1, 0.15) is 53.2 Å². The highest BCUT2D eigenvalue weighted by molar-refractivity contribution is 7.11. The van der Waals surface area contributed by atoms with E-state index in [1.807, 2.05) is 29.1 Å². The summed E-state index contributed by atoms with van der Waals surface area (Å²) in [6.07, 6.45) is 10.3. The maximum Gasteiger partial charge on any atom is 0.137 e. The van der Waals surface area contributed by atoms with Crippen molar-refractivity contribution in [2.75, 3.05) is 13.1 Å². The van der Waals surface area contributed by atoms with Gasteiger partial charge in [0.05, 0.1) is 12.2 Å². The van der Waals surface area contributed by atoms with Crippen LogP contribution in [0.25, 0.3) is 0 Å². The van der Waals surface area contributed by atoms with Gasteiger partial charge in [-0.05, 0) is 57.5 Å². The number of aliphatic hydroxyl groups excluding tert-OH is 1. The van der Waals surface area contributed by atoms with Gasteiger partial charge in [0, 0.05) is 24.3 Å². The maximum absolute atomic E-state index is 10.6. The fraction of sp³-hybridized carbons (Fsp3) is 0.667. The Morgan fingerprint density at radius 2 is 2.08 bits per heavy atom. The predicted octanol–water partition coefficient (Wildman–Crippen LogP) is 2.70. The van der Waals surface area contributed by atoms with Crippen LogP contribution in [-0.2, 0) is 26.4 Å². The highest BCUT2D eigenvalue weighted by Crippen LogP contribution is 2.32. The van der Waals surface area contributed by atoms with Crippen molar-refractivity contribution >= 4 is 11.3 Å². The molecule has 1 unspecified atom stereocenters. The van der Waals surface area contributed by atoms with E-state index in [-0.39, 0.29) is 0 Å². The van der Waals surface area contributed by atoms with E-state index in [9.17, 15) is 5.11 Å². The van der Waals surface area contributed by atoms with E-state index in [1.54, 1.807) is 6.20 Å². The summed E-state index contributed by atoms with van der Waals surface area (Å²) in [4.78, 5) is 13.2. The van der Waals surface area contributed by atoms with Gasteiger partial charge < -0.3 is 9.67 Å². The Hall–Kier alpha value is -1.24. The molecule has 5 nitrogen and oxygen atoms in total. The van der Waals surface area contributed by atoms with Crippen molar-refractivity contribution in [2.24, 2.45) is 13.0 Å². The second-order valence-corrected chi connectivity index (χ2v) is 8.31. The van der Waals surface area contributed by atoms with E-state index in [0.29, 0.717) is 5.92 Å². The molecular formula is C18H26N4OS. The second-order valence-electron chi connectivity index (χ2n) is 7.14. The molecule has 2 aromatic rings. The lowest BCUT2D eigenvalue weighted by molar-refractivity contribution is 0.0492. The topological polar surface area (TPSA) is 54.2 Å². The molecule has 1 aliphatic carbocycles. The van der Waals surface area contributed by atoms with Crippen molar-refractivity contribution in [1.82, 2.24) is 19.4 Å². The molecule has 2 aromatic heterocycles. The minimum absolute atomic E-state index is 0.312. The molecule has 2 aliphatic rings. The molecule has 24 heavy (non-hydrogen) atoms. The number of thiazole rings is 1. The lowest BCUT2D eigenvalue weighted by Crippen LogP contribution is -2.35. The molecule has 1 aliphatic heterocycles. The van der Waals surface area contributed by atoms with Crippen molar-refractivity contribution in [1.29, 1.82) is 0 Å². The Morgan fingerprint density at radius 3 is 2.79 bits per heavy atom. The molecule has 0 radical (unpaired) electrons. The van der Waals surface area contributed by atoms with Gasteiger partial charge in [-0.15, -0.1) is 11.3 Å². The summed E-state index contributed by atoms with van der Waals surface area (Å²) in [6.45, 7) is 3.05. The number of imidazole rings is 1. The van der Waals surface area contributed by atoms with Gasteiger partial charge in [-0.25, -0.2) is 9.97 Å². The van der Waals surface area contributed by atoms with Crippen molar-refractivity contribution in [3.8, 4) is 0 Å². The van der Waals surface area contributed by atoms with E-state index in [1.165, 1.54) is 41.3 Å². The fourth-order valence-corrected chi connectivity index (χ4v) is 5.16. The number of aromatic nitrogens is 3. The largest absolute Gasteiger partial charge is 0.385 e. The second kappa shape index (κ2) is 6.94. The molecule has 130 valence electrons. The molecule has 0 saturated carbocycles. The third-order valence-electron chi connectivity index (χ3n) is 5.45. The van der Waals surface area contributed by atoms with E-state index in [2.05, 4.69) is 9.88 Å². The van der Waals surface area contributed by atoms with Gasteiger partial charge in [-0.3, -0.25) is 4.90 Å². The molecule has 4 rings (SSSR count). The normalized spacial score (nSPS) is 20.9. The summed E-state index contributed by atoms with van der Waals surface area (Å²) in [5, 5.41) is 11.9. The van der Waals surface area contributed by atoms with Crippen LogP contribution in [-0.4, -0.2) is 37.6 Å². The minimum Gasteiger partial charge on any atom is -0.385 e. The van der Waals surface area contributed by atoms with Gasteiger partial charge in [0.1, 0.15) is 16.9 Å². The molecule has 3 heterocycles. The van der Waals surface area contributed by atoms with Crippen LogP contribution < -0.4 is 0 Å². The lowest BCUT2D eigenvalue weighted by atomic mass is 9.91. The molecule has 0 spiro atoms. The van der Waals surface area contributed by atoms with Crippen molar-refractivity contribution in [3.05, 3.63) is 33.8 Å². The van der Waals surface area contributed by atoms with Crippen LogP contribution in [0.3, 0.4) is 0 Å². The number of fused-ring (bicyclic) bond motifs is 1. The maximum atomic E-state index is 10.6. The van der Waals surface area contributed by atoms with Crippen molar-refractivity contribution in [3.63, 3.8) is 0 Å². The first-order chi connectivity index (χ1) is 11.7. The van der Waals surface area contributed by atoms with Crippen LogP contribution in [0.15, 0.2) is 12.4 Å². The molecule has 6 heteroatoms. The first-order valence-electron chi connectivity index (χ1n) is 9.06. The monoisotopic (exact) mass is 346 g/mol. The molecule has 1 saturated heterocycles. The molecule has 0 bridgehead atoms. The zero-order chi connectivity index (χ0) is 16.5. The van der Waals surface area contributed by atoms with Crippen LogP contribution in [0.5, 0.6) is 0 Å². The summed E-state index contributed by atoms with van der Waals surface area (Å²) >= 11 is 1.92. The molecule has 1 atom stereocenters. The Balaban J connectivity index is 1.33. The number of likely N-dealkylation sites (tertiary alicyclic amines) is 1. The van der Waals surface area contributed by atoms with E-state index in [4.69, 9.17) is 4.98 Å². The zero-order valence-electron chi connectivity index (χ0n) is 14.3. The average molecular weight is 347 g/mol. The van der Waals surface area contributed by atoms with Gasteiger partial charge in [-0.2, -0.15) is 0 Å². The highest BCUT2D eigenvalue weighted by atomic mass is 32.1. The van der Waals surface area contributed by atoms with Crippen LogP contribution in [0, 0.1) is 5.92 Å². The van der Waals surface area contributed by atoms with Crippen molar-refractivity contribution in [2.45, 2.75) is 51.2 Å². The lowest BCUT2D eigenvalue weighted by Gasteiger charge is -2.33. The summed E-state index contributed by atoms with van der Waals surface area (Å²) < 4.78 is 1.93. The Bertz CT molecular complexity index is 664. The van der Waals surface area contributed by atoms with E-state index >= 15 is 0 Å². The summed E-state index contributed by atoms with van der Waals surface area (Å²) in [5.74, 6) is 1.10. The minimum atomic E-state index is -0.445. The quantitative estimate of drug-likeness (QED) is 0.925. The highest BCUT2D eigenvalue weighted by Gasteiger charge is 2.29. The Kier molecular flexibility index (Phi) is 4.70. The molecule has 1 N–H and O–H groups in total. The van der Waals surface area contributed by atoms with Crippen LogP contribution in [0.4, 0.5) is 0 Å². The summed E-state index contributed by atoms with van der Waals surface area (Å²) in [7, 11) is 1.95. The number of hydrogen-bond acceptors (Lipinski definition) is 5. The molecule has 0 aromatic carbocycles. The van der Waals surface area contributed by atoms with Crippen molar-refractivity contribution < 1.29 is 5.11 Å².